The Balaban J connectivity index is 2.38. The third-order valence-electron chi connectivity index (χ3n) is 2.74. The molecule has 0 amide bonds. The van der Waals surface area contributed by atoms with Gasteiger partial charge in [-0.3, -0.25) is 9.59 Å². The number of carbonyl (C=O) groups is 2. The second-order valence-electron chi connectivity index (χ2n) is 5.99. The van der Waals surface area contributed by atoms with E-state index < -0.39 is 23.5 Å². The molecular weight excluding hydrogens is 248 g/mol. The van der Waals surface area contributed by atoms with E-state index in [4.69, 9.17) is 9.47 Å². The standard InChI is InChI=1S/C14H24O5/c1-14(2,3)19-12(15)7-11(13(16)17-4)9-18-8-10-5-6-10/h10-11H,5-9H2,1-4H3/t11-/m0/s1. The van der Waals surface area contributed by atoms with Crippen molar-refractivity contribution in [3.8, 4) is 0 Å². The first-order valence-electron chi connectivity index (χ1n) is 6.69. The van der Waals surface area contributed by atoms with Gasteiger partial charge in [0.1, 0.15) is 5.60 Å². The van der Waals surface area contributed by atoms with Gasteiger partial charge >= 0.3 is 11.9 Å². The Kier molecular flexibility index (Phi) is 5.79. The summed E-state index contributed by atoms with van der Waals surface area (Å²) in [6.07, 6.45) is 2.37. The van der Waals surface area contributed by atoms with Gasteiger partial charge in [-0.05, 0) is 39.5 Å². The normalized spacial score (nSPS) is 16.8. The van der Waals surface area contributed by atoms with Crippen LogP contribution in [0.4, 0.5) is 0 Å². The molecule has 1 fully saturated rings. The van der Waals surface area contributed by atoms with Gasteiger partial charge in [-0.1, -0.05) is 0 Å². The SMILES string of the molecule is COC(=O)[C@H](COCC1CC1)CC(=O)OC(C)(C)C. The molecule has 5 nitrogen and oxygen atoms in total. The summed E-state index contributed by atoms with van der Waals surface area (Å²) in [6, 6.07) is 0. The molecule has 5 heteroatoms. The molecule has 0 N–H and O–H groups in total. The first-order chi connectivity index (χ1) is 8.81. The van der Waals surface area contributed by atoms with E-state index in [0.717, 1.165) is 0 Å². The van der Waals surface area contributed by atoms with Crippen LogP contribution in [0, 0.1) is 11.8 Å². The van der Waals surface area contributed by atoms with E-state index in [1.54, 1.807) is 20.8 Å². The Labute approximate surface area is 114 Å². The van der Waals surface area contributed by atoms with Crippen LogP contribution in [-0.4, -0.2) is 37.9 Å². The zero-order valence-electron chi connectivity index (χ0n) is 12.2. The minimum Gasteiger partial charge on any atom is -0.469 e. The van der Waals surface area contributed by atoms with Crippen LogP contribution in [0.1, 0.15) is 40.0 Å². The summed E-state index contributed by atoms with van der Waals surface area (Å²) in [4.78, 5) is 23.3. The molecule has 0 aliphatic heterocycles. The molecule has 0 aromatic rings. The van der Waals surface area contributed by atoms with Crippen molar-refractivity contribution in [2.24, 2.45) is 11.8 Å². The van der Waals surface area contributed by atoms with Gasteiger partial charge in [-0.2, -0.15) is 0 Å². The quantitative estimate of drug-likeness (QED) is 0.663. The van der Waals surface area contributed by atoms with Gasteiger partial charge in [-0.15, -0.1) is 0 Å². The van der Waals surface area contributed by atoms with E-state index in [1.807, 2.05) is 0 Å². The maximum atomic E-state index is 11.7. The molecule has 1 atom stereocenters. The van der Waals surface area contributed by atoms with Crippen molar-refractivity contribution in [1.82, 2.24) is 0 Å². The summed E-state index contributed by atoms with van der Waals surface area (Å²) in [6.45, 7) is 6.25. The first kappa shape index (κ1) is 16.0. The fourth-order valence-corrected chi connectivity index (χ4v) is 1.62. The lowest BCUT2D eigenvalue weighted by Crippen LogP contribution is -2.30. The van der Waals surface area contributed by atoms with Crippen LogP contribution in [0.5, 0.6) is 0 Å². The minimum absolute atomic E-state index is 0.00535. The average molecular weight is 272 g/mol. The molecule has 19 heavy (non-hydrogen) atoms. The second kappa shape index (κ2) is 6.89. The van der Waals surface area contributed by atoms with Crippen LogP contribution in [0.25, 0.3) is 0 Å². The predicted molar refractivity (Wildman–Crippen MR) is 69.5 cm³/mol. The lowest BCUT2D eigenvalue weighted by atomic mass is 10.1. The molecule has 0 aromatic carbocycles. The second-order valence-corrected chi connectivity index (χ2v) is 5.99. The highest BCUT2D eigenvalue weighted by Gasteiger charge is 2.28. The number of methoxy groups -OCH3 is 1. The molecular formula is C14H24O5. The van der Waals surface area contributed by atoms with Crippen molar-refractivity contribution in [2.75, 3.05) is 20.3 Å². The van der Waals surface area contributed by atoms with Crippen molar-refractivity contribution in [3.63, 3.8) is 0 Å². The number of ether oxygens (including phenoxy) is 3. The third-order valence-corrected chi connectivity index (χ3v) is 2.74. The minimum atomic E-state index is -0.585. The van der Waals surface area contributed by atoms with Crippen molar-refractivity contribution in [1.29, 1.82) is 0 Å². The molecule has 110 valence electrons. The van der Waals surface area contributed by atoms with Crippen molar-refractivity contribution < 1.29 is 23.8 Å². The van der Waals surface area contributed by atoms with Crippen molar-refractivity contribution >= 4 is 11.9 Å². The van der Waals surface area contributed by atoms with E-state index in [1.165, 1.54) is 20.0 Å². The Hall–Kier alpha value is -1.10. The van der Waals surface area contributed by atoms with Crippen LogP contribution in [0.3, 0.4) is 0 Å². The molecule has 1 aliphatic rings. The molecule has 0 radical (unpaired) electrons. The molecule has 1 rings (SSSR count). The first-order valence-corrected chi connectivity index (χ1v) is 6.69. The number of rotatable bonds is 7. The molecule has 1 saturated carbocycles. The number of carbonyl (C=O) groups excluding carboxylic acids is 2. The molecule has 0 heterocycles. The molecule has 0 bridgehead atoms. The summed E-state index contributed by atoms with van der Waals surface area (Å²) >= 11 is 0. The van der Waals surface area contributed by atoms with E-state index in [2.05, 4.69) is 4.74 Å². The summed E-state index contributed by atoms with van der Waals surface area (Å²) in [5, 5.41) is 0. The fourth-order valence-electron chi connectivity index (χ4n) is 1.62. The molecule has 0 saturated heterocycles. The predicted octanol–water partition coefficient (Wildman–Crippen LogP) is 1.93. The largest absolute Gasteiger partial charge is 0.469 e. The Morgan fingerprint density at radius 2 is 1.89 bits per heavy atom. The zero-order valence-corrected chi connectivity index (χ0v) is 12.2. The summed E-state index contributed by atoms with van der Waals surface area (Å²) in [5.41, 5.74) is -0.549. The molecule has 0 aromatic heterocycles. The van der Waals surface area contributed by atoms with Gasteiger partial charge in [0, 0.05) is 6.61 Å². The monoisotopic (exact) mass is 272 g/mol. The molecule has 0 unspecified atom stereocenters. The summed E-state index contributed by atoms with van der Waals surface area (Å²) < 4.78 is 15.4. The van der Waals surface area contributed by atoms with Gasteiger partial charge in [0.2, 0.25) is 0 Å². The lowest BCUT2D eigenvalue weighted by molar-refractivity contribution is -0.162. The number of hydrogen-bond acceptors (Lipinski definition) is 5. The van der Waals surface area contributed by atoms with Crippen molar-refractivity contribution in [3.05, 3.63) is 0 Å². The highest BCUT2D eigenvalue weighted by molar-refractivity contribution is 5.80. The number of esters is 2. The fraction of sp³-hybridized carbons (Fsp3) is 0.857. The van der Waals surface area contributed by atoms with Gasteiger partial charge in [-0.25, -0.2) is 0 Å². The number of hydrogen-bond donors (Lipinski definition) is 0. The van der Waals surface area contributed by atoms with E-state index in [9.17, 15) is 9.59 Å². The molecule has 0 spiro atoms. The van der Waals surface area contributed by atoms with Crippen molar-refractivity contribution in [2.45, 2.75) is 45.6 Å². The highest BCUT2D eigenvalue weighted by Crippen LogP contribution is 2.29. The van der Waals surface area contributed by atoms with Gasteiger partial charge in [0.25, 0.3) is 0 Å². The smallest absolute Gasteiger partial charge is 0.311 e. The van der Waals surface area contributed by atoms with E-state index in [-0.39, 0.29) is 13.0 Å². The van der Waals surface area contributed by atoms with Gasteiger partial charge in [0.15, 0.2) is 0 Å². The van der Waals surface area contributed by atoms with Crippen LogP contribution in [-0.2, 0) is 23.8 Å². The van der Waals surface area contributed by atoms with E-state index in [0.29, 0.717) is 12.5 Å². The zero-order chi connectivity index (χ0) is 14.5. The Morgan fingerprint density at radius 3 is 2.37 bits per heavy atom. The maximum absolute atomic E-state index is 11.7. The summed E-state index contributed by atoms with van der Waals surface area (Å²) in [5.74, 6) is -0.794. The molecule has 1 aliphatic carbocycles. The lowest BCUT2D eigenvalue weighted by Gasteiger charge is -2.21. The van der Waals surface area contributed by atoms with Crippen LogP contribution >= 0.6 is 0 Å². The van der Waals surface area contributed by atoms with Crippen LogP contribution < -0.4 is 0 Å². The Bertz CT molecular complexity index is 314. The van der Waals surface area contributed by atoms with Crippen LogP contribution in [0.15, 0.2) is 0 Å². The maximum Gasteiger partial charge on any atom is 0.311 e. The van der Waals surface area contributed by atoms with Gasteiger partial charge < -0.3 is 14.2 Å². The highest BCUT2D eigenvalue weighted by atomic mass is 16.6. The van der Waals surface area contributed by atoms with Gasteiger partial charge in [0.05, 0.1) is 26.1 Å². The average Bonchev–Trinajstić information content (AvgIpc) is 3.08. The Morgan fingerprint density at radius 1 is 1.26 bits per heavy atom. The van der Waals surface area contributed by atoms with Crippen LogP contribution in [0.2, 0.25) is 0 Å². The topological polar surface area (TPSA) is 61.8 Å². The summed E-state index contributed by atoms with van der Waals surface area (Å²) in [7, 11) is 1.31. The third kappa shape index (κ3) is 7.15. The van der Waals surface area contributed by atoms with E-state index >= 15 is 0 Å².